The van der Waals surface area contributed by atoms with Crippen LogP contribution >= 0.6 is 0 Å². The van der Waals surface area contributed by atoms with Crippen LogP contribution in [0.5, 0.6) is 0 Å². The van der Waals surface area contributed by atoms with Gasteiger partial charge in [0.05, 0.1) is 23.4 Å². The Hall–Kier alpha value is -0.380. The summed E-state index contributed by atoms with van der Waals surface area (Å²) in [5.41, 5.74) is 1.98. The summed E-state index contributed by atoms with van der Waals surface area (Å²) in [4.78, 5) is 0. The molecule has 0 amide bonds. The molecule has 3 nitrogen and oxygen atoms in total. The van der Waals surface area contributed by atoms with E-state index in [9.17, 15) is 10.2 Å². The van der Waals surface area contributed by atoms with Gasteiger partial charge in [-0.2, -0.15) is 0 Å². The first-order valence-electron chi connectivity index (χ1n) is 17.5. The van der Waals surface area contributed by atoms with Gasteiger partial charge in [0.25, 0.3) is 0 Å². The minimum atomic E-state index is -0.618. The first-order chi connectivity index (χ1) is 18.7. The van der Waals surface area contributed by atoms with E-state index in [1.807, 2.05) is 0 Å². The molecule has 218 valence electrons. The van der Waals surface area contributed by atoms with Crippen molar-refractivity contribution in [2.75, 3.05) is 0 Å². The lowest BCUT2D eigenvalue weighted by Crippen LogP contribution is -2.58. The Morgan fingerprint density at radius 3 is 2.38 bits per heavy atom. The van der Waals surface area contributed by atoms with Gasteiger partial charge in [0.2, 0.25) is 0 Å². The number of ether oxygens (including phenoxy) is 1. The fraction of sp³-hybridized carbons (Fsp3) is 0.944. The van der Waals surface area contributed by atoms with Crippen LogP contribution in [-0.2, 0) is 4.74 Å². The molecule has 1 heterocycles. The van der Waals surface area contributed by atoms with Gasteiger partial charge in [-0.1, -0.05) is 44.3 Å². The summed E-state index contributed by atoms with van der Waals surface area (Å²) in [6, 6.07) is 0. The molecule has 8 aliphatic rings. The Bertz CT molecular complexity index is 986. The number of epoxide rings is 1. The molecule has 0 aromatic heterocycles. The summed E-state index contributed by atoms with van der Waals surface area (Å²) in [5, 5.41) is 22.0. The van der Waals surface area contributed by atoms with Gasteiger partial charge in [0.15, 0.2) is 0 Å². The van der Waals surface area contributed by atoms with E-state index in [-0.39, 0.29) is 17.1 Å². The fourth-order valence-corrected chi connectivity index (χ4v) is 13.5. The zero-order chi connectivity index (χ0) is 26.6. The highest BCUT2D eigenvalue weighted by molar-refractivity contribution is 5.26. The third-order valence-electron chi connectivity index (χ3n) is 15.1. The van der Waals surface area contributed by atoms with Crippen molar-refractivity contribution in [3.05, 3.63) is 12.2 Å². The molecule has 39 heavy (non-hydrogen) atoms. The minimum absolute atomic E-state index is 0.0866. The number of hydrogen-bond acceptors (Lipinski definition) is 3. The van der Waals surface area contributed by atoms with Crippen LogP contribution in [0.3, 0.4) is 0 Å². The lowest BCUT2D eigenvalue weighted by Gasteiger charge is -2.66. The van der Waals surface area contributed by atoms with E-state index in [0.29, 0.717) is 35.7 Å². The van der Waals surface area contributed by atoms with Crippen LogP contribution in [0.15, 0.2) is 12.2 Å². The molecule has 2 N–H and O–H groups in total. The normalized spacial score (nSPS) is 57.4. The topological polar surface area (TPSA) is 53.0 Å². The zero-order valence-corrected chi connectivity index (χ0v) is 24.8. The smallest absolute Gasteiger partial charge is 0.0930 e. The van der Waals surface area contributed by atoms with Crippen molar-refractivity contribution < 1.29 is 14.9 Å². The van der Waals surface area contributed by atoms with Gasteiger partial charge in [0, 0.05) is 11.8 Å². The first kappa shape index (κ1) is 26.3. The Balaban J connectivity index is 1.03. The largest absolute Gasteiger partial charge is 0.393 e. The number of aliphatic hydroxyl groups excluding tert-OH is 1. The molecule has 8 rings (SSSR count). The lowest BCUT2D eigenvalue weighted by atomic mass is 9.39. The first-order valence-corrected chi connectivity index (χ1v) is 17.5. The van der Waals surface area contributed by atoms with Crippen LogP contribution < -0.4 is 0 Å². The average Bonchev–Trinajstić information content (AvgIpc) is 3.38. The number of rotatable bonds is 2. The predicted octanol–water partition coefficient (Wildman–Crippen LogP) is 7.98. The molecule has 8 fully saturated rings. The third-order valence-corrected chi connectivity index (χ3v) is 15.1. The van der Waals surface area contributed by atoms with E-state index in [1.165, 1.54) is 96.3 Å². The van der Waals surface area contributed by atoms with Crippen molar-refractivity contribution in [1.29, 1.82) is 0 Å². The maximum Gasteiger partial charge on any atom is 0.0930 e. The van der Waals surface area contributed by atoms with Crippen molar-refractivity contribution in [1.82, 2.24) is 0 Å². The SMILES string of the molecule is C=C1CC2(CCC(C3CCC4CCC(O)CC4(O)C3)C2)C2OC2(C)CC2CCCC3(C4CCCCC4)CC1C23. The van der Waals surface area contributed by atoms with E-state index in [2.05, 4.69) is 6.92 Å². The predicted molar refractivity (Wildman–Crippen MR) is 155 cm³/mol. The highest BCUT2D eigenvalue weighted by Crippen LogP contribution is 2.73. The molecule has 3 heteroatoms. The molecule has 12 atom stereocenters. The highest BCUT2D eigenvalue weighted by Gasteiger charge is 2.70. The van der Waals surface area contributed by atoms with Crippen molar-refractivity contribution in [2.24, 2.45) is 52.3 Å². The Morgan fingerprint density at radius 1 is 0.744 bits per heavy atom. The van der Waals surface area contributed by atoms with Crippen molar-refractivity contribution in [3.8, 4) is 0 Å². The lowest BCUT2D eigenvalue weighted by molar-refractivity contribution is -0.151. The molecule has 1 aliphatic heterocycles. The quantitative estimate of drug-likeness (QED) is 0.278. The van der Waals surface area contributed by atoms with Gasteiger partial charge >= 0.3 is 0 Å². The molecule has 7 aliphatic carbocycles. The molecule has 1 saturated heterocycles. The summed E-state index contributed by atoms with van der Waals surface area (Å²) in [7, 11) is 0. The monoisotopic (exact) mass is 536 g/mol. The van der Waals surface area contributed by atoms with Gasteiger partial charge in [-0.05, 0) is 144 Å². The van der Waals surface area contributed by atoms with Crippen molar-refractivity contribution in [2.45, 2.75) is 159 Å². The Morgan fingerprint density at radius 2 is 1.54 bits per heavy atom. The van der Waals surface area contributed by atoms with Crippen LogP contribution in [-0.4, -0.2) is 33.6 Å². The van der Waals surface area contributed by atoms with Gasteiger partial charge in [-0.15, -0.1) is 0 Å². The Labute approximate surface area is 237 Å². The van der Waals surface area contributed by atoms with E-state index < -0.39 is 5.60 Å². The molecular weight excluding hydrogens is 480 g/mol. The van der Waals surface area contributed by atoms with Crippen LogP contribution in [0.2, 0.25) is 0 Å². The average molecular weight is 537 g/mol. The number of fused-ring (bicyclic) bond motifs is 3. The summed E-state index contributed by atoms with van der Waals surface area (Å²) < 4.78 is 6.88. The number of hydrogen-bond donors (Lipinski definition) is 2. The Kier molecular flexibility index (Phi) is 6.10. The van der Waals surface area contributed by atoms with Crippen LogP contribution in [0.1, 0.15) is 135 Å². The van der Waals surface area contributed by atoms with Gasteiger partial charge < -0.3 is 14.9 Å². The van der Waals surface area contributed by atoms with Crippen molar-refractivity contribution >= 4 is 0 Å². The van der Waals surface area contributed by atoms with Gasteiger partial charge in [0.1, 0.15) is 0 Å². The van der Waals surface area contributed by atoms with Crippen LogP contribution in [0, 0.1) is 52.3 Å². The fourth-order valence-electron chi connectivity index (χ4n) is 13.5. The molecule has 0 aromatic rings. The molecule has 0 radical (unpaired) electrons. The number of allylic oxidation sites excluding steroid dienone is 1. The molecule has 1 spiro atoms. The minimum Gasteiger partial charge on any atom is -0.393 e. The summed E-state index contributed by atoms with van der Waals surface area (Å²) in [5.74, 6) is 5.23. The highest BCUT2D eigenvalue weighted by atomic mass is 16.6. The molecular formula is C36H56O3. The van der Waals surface area contributed by atoms with Crippen molar-refractivity contribution in [3.63, 3.8) is 0 Å². The van der Waals surface area contributed by atoms with Crippen LogP contribution in [0.4, 0.5) is 0 Å². The van der Waals surface area contributed by atoms with E-state index in [1.54, 1.807) is 5.57 Å². The summed E-state index contributed by atoms with van der Waals surface area (Å²) in [6.07, 6.45) is 25.6. The molecule has 0 aromatic carbocycles. The standard InChI is InChI=1S/C36H56O3/c1-23-17-34(16-14-25(19-34)24-10-11-28-12-13-29(37)21-36(28,38)20-24)32-33(2,39-32)18-26-7-6-15-35(22-30(23)31(26)35)27-8-4-3-5-9-27/h24-32,37-38H,1,3-22H2,2H3. The molecule has 7 saturated carbocycles. The molecule has 12 unspecified atom stereocenters. The van der Waals surface area contributed by atoms with Gasteiger partial charge in [-0.3, -0.25) is 0 Å². The van der Waals surface area contributed by atoms with E-state index in [0.717, 1.165) is 49.4 Å². The van der Waals surface area contributed by atoms with E-state index >= 15 is 0 Å². The molecule has 0 bridgehead atoms. The zero-order valence-electron chi connectivity index (χ0n) is 24.8. The number of aliphatic hydroxyl groups is 2. The second-order valence-electron chi connectivity index (χ2n) is 17.0. The maximum absolute atomic E-state index is 11.6. The van der Waals surface area contributed by atoms with Gasteiger partial charge in [-0.25, -0.2) is 0 Å². The second-order valence-corrected chi connectivity index (χ2v) is 17.0. The maximum atomic E-state index is 11.6. The van der Waals surface area contributed by atoms with Crippen LogP contribution in [0.25, 0.3) is 0 Å². The van der Waals surface area contributed by atoms with E-state index in [4.69, 9.17) is 11.3 Å². The summed E-state index contributed by atoms with van der Waals surface area (Å²) >= 11 is 0. The second kappa shape index (κ2) is 9.06. The third kappa shape index (κ3) is 3.97. The summed E-state index contributed by atoms with van der Waals surface area (Å²) in [6.45, 7) is 7.41.